The van der Waals surface area contributed by atoms with E-state index in [-0.39, 0.29) is 0 Å². The summed E-state index contributed by atoms with van der Waals surface area (Å²) in [6.07, 6.45) is 3.38. The lowest BCUT2D eigenvalue weighted by atomic mass is 10.1. The van der Waals surface area contributed by atoms with E-state index >= 15 is 0 Å². The van der Waals surface area contributed by atoms with Crippen molar-refractivity contribution in [3.63, 3.8) is 0 Å². The van der Waals surface area contributed by atoms with Gasteiger partial charge in [-0.25, -0.2) is 14.6 Å². The molecule has 0 bridgehead atoms. The van der Waals surface area contributed by atoms with Gasteiger partial charge in [-0.1, -0.05) is 50.0 Å². The molecule has 0 radical (unpaired) electrons. The Morgan fingerprint density at radius 1 is 1.00 bits per heavy atom. The highest BCUT2D eigenvalue weighted by Crippen LogP contribution is 2.22. The second kappa shape index (κ2) is 7.71. The van der Waals surface area contributed by atoms with Crippen LogP contribution in [0.2, 0.25) is 25.7 Å². The van der Waals surface area contributed by atoms with Crippen molar-refractivity contribution in [3.05, 3.63) is 55.0 Å². The minimum absolute atomic E-state index is 0.442. The second-order valence-electron chi connectivity index (χ2n) is 7.22. The van der Waals surface area contributed by atoms with Gasteiger partial charge in [0, 0.05) is 26.4 Å². The Morgan fingerprint density at radius 3 is 2.52 bits per heavy atom. The summed E-state index contributed by atoms with van der Waals surface area (Å²) in [5, 5.41) is 4.37. The van der Waals surface area contributed by atoms with Crippen LogP contribution in [0.1, 0.15) is 0 Å². The molecule has 0 fully saturated rings. The van der Waals surface area contributed by atoms with Crippen molar-refractivity contribution in [2.75, 3.05) is 6.61 Å². The predicted octanol–water partition coefficient (Wildman–Crippen LogP) is 4.32. The van der Waals surface area contributed by atoms with Crippen molar-refractivity contribution in [3.8, 4) is 22.6 Å². The average molecular weight is 353 g/mol. The first-order valence-corrected chi connectivity index (χ1v) is 12.2. The minimum atomic E-state index is -1.08. The topological polar surface area (TPSA) is 52.8 Å². The van der Waals surface area contributed by atoms with E-state index in [9.17, 15) is 0 Å². The van der Waals surface area contributed by atoms with E-state index in [0.29, 0.717) is 6.73 Å². The molecule has 5 nitrogen and oxygen atoms in total. The van der Waals surface area contributed by atoms with Crippen LogP contribution in [0.4, 0.5) is 0 Å². The second-order valence-corrected chi connectivity index (χ2v) is 12.8. The molecule has 2 heterocycles. The van der Waals surface area contributed by atoms with Gasteiger partial charge in [0.2, 0.25) is 0 Å². The average Bonchev–Trinajstić information content (AvgIpc) is 3.07. The molecule has 0 unspecified atom stereocenters. The molecule has 3 rings (SSSR count). The van der Waals surface area contributed by atoms with E-state index in [2.05, 4.69) is 34.7 Å². The molecule has 0 N–H and O–H groups in total. The van der Waals surface area contributed by atoms with E-state index in [4.69, 9.17) is 4.74 Å². The summed E-state index contributed by atoms with van der Waals surface area (Å²) < 4.78 is 7.67. The molecule has 130 valence electrons. The third-order valence-electron chi connectivity index (χ3n) is 3.93. The van der Waals surface area contributed by atoms with Crippen LogP contribution in [0.15, 0.2) is 55.0 Å². The molecule has 1 aromatic carbocycles. The quantitative estimate of drug-likeness (QED) is 0.469. The molecule has 0 spiro atoms. The molecule has 0 saturated heterocycles. The number of hydrogen-bond donors (Lipinski definition) is 0. The normalized spacial score (nSPS) is 11.6. The Balaban J connectivity index is 1.74. The molecule has 6 heteroatoms. The van der Waals surface area contributed by atoms with Gasteiger partial charge in [0.25, 0.3) is 0 Å². The van der Waals surface area contributed by atoms with Crippen LogP contribution >= 0.6 is 0 Å². The molecule has 2 aromatic heterocycles. The first-order valence-electron chi connectivity index (χ1n) is 8.50. The number of aromatic nitrogens is 4. The zero-order valence-electron chi connectivity index (χ0n) is 15.0. The smallest absolute Gasteiger partial charge is 0.140 e. The summed E-state index contributed by atoms with van der Waals surface area (Å²) in [6, 6.07) is 15.2. The standard InChI is InChI=1S/C19H24N4OSi/c1-25(2,3)12-11-24-15-23-19(9-10-22-23)18-13-17(20-14-21-18)16-7-5-4-6-8-16/h4-10,13-14H,11-12,15H2,1-3H3. The van der Waals surface area contributed by atoms with E-state index < -0.39 is 8.07 Å². The van der Waals surface area contributed by atoms with Gasteiger partial charge in [0.05, 0.1) is 17.1 Å². The lowest BCUT2D eigenvalue weighted by molar-refractivity contribution is 0.0797. The molecule has 0 amide bonds. The van der Waals surface area contributed by atoms with Crippen molar-refractivity contribution in [1.29, 1.82) is 0 Å². The zero-order chi connectivity index (χ0) is 17.7. The lowest BCUT2D eigenvalue weighted by Gasteiger charge is -2.15. The fourth-order valence-electron chi connectivity index (χ4n) is 2.45. The summed E-state index contributed by atoms with van der Waals surface area (Å²) in [7, 11) is -1.08. The highest BCUT2D eigenvalue weighted by Gasteiger charge is 2.13. The Hall–Kier alpha value is -2.31. The highest BCUT2D eigenvalue weighted by atomic mass is 28.3. The van der Waals surface area contributed by atoms with Crippen LogP contribution in [-0.2, 0) is 11.5 Å². The molecule has 0 aliphatic heterocycles. The van der Waals surface area contributed by atoms with Crippen LogP contribution in [0.5, 0.6) is 0 Å². The molecule has 0 aliphatic carbocycles. The third kappa shape index (κ3) is 4.84. The van der Waals surface area contributed by atoms with Gasteiger partial charge >= 0.3 is 0 Å². The molecular weight excluding hydrogens is 328 g/mol. The summed E-state index contributed by atoms with van der Waals surface area (Å²) in [5.74, 6) is 0. The van der Waals surface area contributed by atoms with Crippen molar-refractivity contribution in [1.82, 2.24) is 19.7 Å². The maximum Gasteiger partial charge on any atom is 0.140 e. The van der Waals surface area contributed by atoms with Gasteiger partial charge in [-0.05, 0) is 18.2 Å². The lowest BCUT2D eigenvalue weighted by Crippen LogP contribution is -2.22. The number of benzene rings is 1. The van der Waals surface area contributed by atoms with Crippen LogP contribution in [0.3, 0.4) is 0 Å². The first-order chi connectivity index (χ1) is 12.0. The van der Waals surface area contributed by atoms with Crippen LogP contribution in [0.25, 0.3) is 22.6 Å². The maximum absolute atomic E-state index is 5.82. The fraction of sp³-hybridized carbons (Fsp3) is 0.316. The third-order valence-corrected chi connectivity index (χ3v) is 5.63. The summed E-state index contributed by atoms with van der Waals surface area (Å²) in [6.45, 7) is 8.26. The van der Waals surface area contributed by atoms with Crippen LogP contribution < -0.4 is 0 Å². The van der Waals surface area contributed by atoms with Gasteiger partial charge in [-0.2, -0.15) is 5.10 Å². The summed E-state index contributed by atoms with van der Waals surface area (Å²) >= 11 is 0. The minimum Gasteiger partial charge on any atom is -0.360 e. The van der Waals surface area contributed by atoms with Gasteiger partial charge < -0.3 is 4.74 Å². The molecule has 25 heavy (non-hydrogen) atoms. The molecule has 0 saturated carbocycles. The molecule has 0 atom stereocenters. The molecule has 3 aromatic rings. The van der Waals surface area contributed by atoms with Crippen LogP contribution in [-0.4, -0.2) is 34.4 Å². The Morgan fingerprint density at radius 2 is 1.76 bits per heavy atom. The van der Waals surface area contributed by atoms with Gasteiger partial charge in [0.15, 0.2) is 0 Å². The van der Waals surface area contributed by atoms with E-state index in [1.54, 1.807) is 12.5 Å². The largest absolute Gasteiger partial charge is 0.360 e. The highest BCUT2D eigenvalue weighted by molar-refractivity contribution is 6.76. The van der Waals surface area contributed by atoms with E-state index in [1.165, 1.54) is 0 Å². The van der Waals surface area contributed by atoms with Crippen molar-refractivity contribution in [2.24, 2.45) is 0 Å². The number of ether oxygens (including phenoxy) is 1. The fourth-order valence-corrected chi connectivity index (χ4v) is 3.20. The molecule has 0 aliphatic rings. The molecular formula is C19H24N4OSi. The van der Waals surface area contributed by atoms with Gasteiger partial charge in [-0.3, -0.25) is 0 Å². The number of hydrogen-bond acceptors (Lipinski definition) is 4. The van der Waals surface area contributed by atoms with E-state index in [0.717, 1.165) is 35.3 Å². The monoisotopic (exact) mass is 352 g/mol. The van der Waals surface area contributed by atoms with Gasteiger partial charge in [-0.15, -0.1) is 0 Å². The van der Waals surface area contributed by atoms with Crippen molar-refractivity contribution >= 4 is 8.07 Å². The van der Waals surface area contributed by atoms with Crippen LogP contribution in [0, 0.1) is 0 Å². The summed E-state index contributed by atoms with van der Waals surface area (Å²) in [5.41, 5.74) is 3.76. The number of rotatable bonds is 7. The first kappa shape index (κ1) is 17.5. The maximum atomic E-state index is 5.82. The Bertz CT molecular complexity index is 812. The predicted molar refractivity (Wildman–Crippen MR) is 103 cm³/mol. The Labute approximate surface area is 149 Å². The zero-order valence-corrected chi connectivity index (χ0v) is 16.0. The van der Waals surface area contributed by atoms with Crippen molar-refractivity contribution < 1.29 is 4.74 Å². The Kier molecular flexibility index (Phi) is 5.40. The summed E-state index contributed by atoms with van der Waals surface area (Å²) in [4.78, 5) is 8.80. The van der Waals surface area contributed by atoms with E-state index in [1.807, 2.05) is 47.1 Å². The van der Waals surface area contributed by atoms with Gasteiger partial charge in [0.1, 0.15) is 13.1 Å². The SMILES string of the molecule is C[Si](C)(C)CCOCn1nccc1-c1cc(-c2ccccc2)ncn1. The number of nitrogens with zero attached hydrogens (tertiary/aromatic N) is 4. The van der Waals surface area contributed by atoms with Crippen molar-refractivity contribution in [2.45, 2.75) is 32.4 Å².